The van der Waals surface area contributed by atoms with Gasteiger partial charge in [0.05, 0.1) is 0 Å². The van der Waals surface area contributed by atoms with Crippen LogP contribution >= 0.6 is 0 Å². The van der Waals surface area contributed by atoms with E-state index >= 15 is 0 Å². The highest BCUT2D eigenvalue weighted by Crippen LogP contribution is 2.17. The number of aromatic nitrogens is 1. The van der Waals surface area contributed by atoms with Gasteiger partial charge in [-0.2, -0.15) is 0 Å². The van der Waals surface area contributed by atoms with Gasteiger partial charge in [0.1, 0.15) is 0 Å². The number of H-pyrrole nitrogens is 1. The van der Waals surface area contributed by atoms with Gasteiger partial charge in [-0.1, -0.05) is 0 Å². The van der Waals surface area contributed by atoms with E-state index < -0.39 is 0 Å². The van der Waals surface area contributed by atoms with Crippen LogP contribution in [0.3, 0.4) is 0 Å². The number of aromatic amines is 1. The predicted octanol–water partition coefficient (Wildman–Crippen LogP) is 0.961. The zero-order chi connectivity index (χ0) is 11.9. The summed E-state index contributed by atoms with van der Waals surface area (Å²) >= 11 is 0. The molecule has 1 aromatic heterocycles. The molecular weight excluding hydrogens is 212 g/mol. The molecule has 4 nitrogen and oxygen atoms in total. The minimum atomic E-state index is 0.490. The lowest BCUT2D eigenvalue weighted by Crippen LogP contribution is -2.43. The summed E-state index contributed by atoms with van der Waals surface area (Å²) in [6.07, 6.45) is 6.55. The summed E-state index contributed by atoms with van der Waals surface area (Å²) in [5.41, 5.74) is 1.37. The molecule has 0 radical (unpaired) electrons. The van der Waals surface area contributed by atoms with Gasteiger partial charge in [0.2, 0.25) is 0 Å². The van der Waals surface area contributed by atoms with E-state index in [1.165, 1.54) is 38.0 Å². The van der Waals surface area contributed by atoms with Gasteiger partial charge in [0.15, 0.2) is 0 Å². The quantitative estimate of drug-likeness (QED) is 0.689. The standard InChI is InChI=1S/C13H24N4/c1-14-13(12-4-5-16-11-12)3-2-8-17-9-6-15-7-10-17/h4-5,11,13-16H,2-3,6-10H2,1H3. The molecule has 0 aromatic carbocycles. The summed E-state index contributed by atoms with van der Waals surface area (Å²) in [6, 6.07) is 2.65. The lowest BCUT2D eigenvalue weighted by atomic mass is 10.1. The van der Waals surface area contributed by atoms with Crippen LogP contribution < -0.4 is 10.6 Å². The fourth-order valence-electron chi connectivity index (χ4n) is 2.48. The van der Waals surface area contributed by atoms with E-state index in [2.05, 4.69) is 32.8 Å². The lowest BCUT2D eigenvalue weighted by molar-refractivity contribution is 0.233. The molecule has 0 bridgehead atoms. The molecular formula is C13H24N4. The number of nitrogens with one attached hydrogen (secondary N) is 3. The highest BCUT2D eigenvalue weighted by Gasteiger charge is 2.12. The van der Waals surface area contributed by atoms with Crippen molar-refractivity contribution in [2.45, 2.75) is 18.9 Å². The predicted molar refractivity (Wildman–Crippen MR) is 71.1 cm³/mol. The van der Waals surface area contributed by atoms with Crippen LogP contribution in [-0.4, -0.2) is 49.7 Å². The maximum Gasteiger partial charge on any atom is 0.0332 e. The first-order valence-electron chi connectivity index (χ1n) is 6.63. The fourth-order valence-corrected chi connectivity index (χ4v) is 2.48. The van der Waals surface area contributed by atoms with Gasteiger partial charge >= 0.3 is 0 Å². The number of hydrogen-bond donors (Lipinski definition) is 3. The van der Waals surface area contributed by atoms with Crippen LogP contribution in [0.25, 0.3) is 0 Å². The van der Waals surface area contributed by atoms with Gasteiger partial charge in [-0.3, -0.25) is 0 Å². The van der Waals surface area contributed by atoms with Crippen molar-refractivity contribution in [3.63, 3.8) is 0 Å². The molecule has 1 saturated heterocycles. The first kappa shape index (κ1) is 12.6. The van der Waals surface area contributed by atoms with E-state index in [0.29, 0.717) is 6.04 Å². The Labute approximate surface area is 104 Å². The van der Waals surface area contributed by atoms with E-state index in [1.54, 1.807) is 0 Å². The summed E-state index contributed by atoms with van der Waals surface area (Å²) in [5.74, 6) is 0. The van der Waals surface area contributed by atoms with Crippen LogP contribution in [0.1, 0.15) is 24.4 Å². The minimum absolute atomic E-state index is 0.490. The van der Waals surface area contributed by atoms with Crippen LogP contribution in [0.5, 0.6) is 0 Å². The van der Waals surface area contributed by atoms with Crippen LogP contribution in [0.2, 0.25) is 0 Å². The summed E-state index contributed by atoms with van der Waals surface area (Å²) in [7, 11) is 2.04. The normalized spacial score (nSPS) is 19.4. The maximum absolute atomic E-state index is 3.39. The Morgan fingerprint density at radius 2 is 2.24 bits per heavy atom. The molecule has 1 atom stereocenters. The molecule has 2 rings (SSSR count). The highest BCUT2D eigenvalue weighted by molar-refractivity contribution is 5.13. The Hall–Kier alpha value is -0.840. The second-order valence-electron chi connectivity index (χ2n) is 4.72. The van der Waals surface area contributed by atoms with Crippen LogP contribution in [-0.2, 0) is 0 Å². The molecule has 17 heavy (non-hydrogen) atoms. The molecule has 0 aliphatic carbocycles. The summed E-state index contributed by atoms with van der Waals surface area (Å²) < 4.78 is 0. The van der Waals surface area contributed by atoms with Crippen molar-refractivity contribution in [1.29, 1.82) is 0 Å². The van der Waals surface area contributed by atoms with Gasteiger partial charge < -0.3 is 20.5 Å². The van der Waals surface area contributed by atoms with Crippen molar-refractivity contribution in [3.8, 4) is 0 Å². The molecule has 0 saturated carbocycles. The SMILES string of the molecule is CNC(CCCN1CCNCC1)c1cc[nH]c1. The number of nitrogens with zero attached hydrogens (tertiary/aromatic N) is 1. The van der Waals surface area contributed by atoms with Crippen LogP contribution in [0.15, 0.2) is 18.5 Å². The average Bonchev–Trinajstić information content (AvgIpc) is 2.90. The van der Waals surface area contributed by atoms with E-state index in [0.717, 1.165) is 13.1 Å². The van der Waals surface area contributed by atoms with Gasteiger partial charge in [-0.25, -0.2) is 0 Å². The fraction of sp³-hybridized carbons (Fsp3) is 0.692. The smallest absolute Gasteiger partial charge is 0.0332 e. The highest BCUT2D eigenvalue weighted by atomic mass is 15.2. The first-order valence-corrected chi connectivity index (χ1v) is 6.63. The van der Waals surface area contributed by atoms with E-state index in [-0.39, 0.29) is 0 Å². The molecule has 1 aliphatic heterocycles. The zero-order valence-electron chi connectivity index (χ0n) is 10.7. The molecule has 4 heteroatoms. The molecule has 1 aliphatic rings. The Morgan fingerprint density at radius 1 is 1.41 bits per heavy atom. The average molecular weight is 236 g/mol. The van der Waals surface area contributed by atoms with Crippen molar-refractivity contribution < 1.29 is 0 Å². The Morgan fingerprint density at radius 3 is 2.88 bits per heavy atom. The van der Waals surface area contributed by atoms with Gasteiger partial charge in [0.25, 0.3) is 0 Å². The number of rotatable bonds is 6. The Bertz CT molecular complexity index is 290. The molecule has 0 spiro atoms. The van der Waals surface area contributed by atoms with Crippen molar-refractivity contribution >= 4 is 0 Å². The largest absolute Gasteiger partial charge is 0.367 e. The zero-order valence-corrected chi connectivity index (χ0v) is 10.7. The molecule has 1 fully saturated rings. The van der Waals surface area contributed by atoms with Crippen molar-refractivity contribution in [1.82, 2.24) is 20.5 Å². The first-order chi connectivity index (χ1) is 8.40. The third kappa shape index (κ3) is 3.84. The molecule has 96 valence electrons. The van der Waals surface area contributed by atoms with Crippen molar-refractivity contribution in [2.24, 2.45) is 0 Å². The molecule has 2 heterocycles. The lowest BCUT2D eigenvalue weighted by Gasteiger charge is -2.27. The van der Waals surface area contributed by atoms with E-state index in [1.807, 2.05) is 13.2 Å². The van der Waals surface area contributed by atoms with Crippen molar-refractivity contribution in [3.05, 3.63) is 24.0 Å². The topological polar surface area (TPSA) is 43.1 Å². The number of hydrogen-bond acceptors (Lipinski definition) is 3. The monoisotopic (exact) mass is 236 g/mol. The third-order valence-corrected chi connectivity index (χ3v) is 3.55. The molecule has 0 amide bonds. The second-order valence-corrected chi connectivity index (χ2v) is 4.72. The summed E-state index contributed by atoms with van der Waals surface area (Å²) in [4.78, 5) is 5.68. The molecule has 1 unspecified atom stereocenters. The van der Waals surface area contributed by atoms with Gasteiger partial charge in [-0.15, -0.1) is 0 Å². The van der Waals surface area contributed by atoms with E-state index in [9.17, 15) is 0 Å². The third-order valence-electron chi connectivity index (χ3n) is 3.55. The van der Waals surface area contributed by atoms with E-state index in [4.69, 9.17) is 0 Å². The minimum Gasteiger partial charge on any atom is -0.367 e. The Balaban J connectivity index is 1.69. The summed E-state index contributed by atoms with van der Waals surface area (Å²) in [6.45, 7) is 5.92. The molecule has 3 N–H and O–H groups in total. The summed E-state index contributed by atoms with van der Waals surface area (Å²) in [5, 5.41) is 6.78. The van der Waals surface area contributed by atoms with Gasteiger partial charge in [-0.05, 0) is 38.1 Å². The van der Waals surface area contributed by atoms with Crippen LogP contribution in [0, 0.1) is 0 Å². The second kappa shape index (κ2) is 6.79. The Kier molecular flexibility index (Phi) is 5.04. The maximum atomic E-state index is 3.39. The van der Waals surface area contributed by atoms with Crippen LogP contribution in [0.4, 0.5) is 0 Å². The number of piperazine rings is 1. The van der Waals surface area contributed by atoms with Gasteiger partial charge in [0, 0.05) is 44.6 Å². The van der Waals surface area contributed by atoms with Crippen molar-refractivity contribution in [2.75, 3.05) is 39.8 Å². The molecule has 1 aromatic rings.